The number of hydrogen-bond acceptors (Lipinski definition) is 3. The first-order valence-electron chi connectivity index (χ1n) is 8.05. The Labute approximate surface area is 148 Å². The van der Waals surface area contributed by atoms with Crippen molar-refractivity contribution in [1.82, 2.24) is 14.5 Å². The summed E-state index contributed by atoms with van der Waals surface area (Å²) in [5.74, 6) is 0.227. The lowest BCUT2D eigenvalue weighted by atomic mass is 10.2. The number of aromatic nitrogens is 3. The molecule has 0 saturated carbocycles. The van der Waals surface area contributed by atoms with Gasteiger partial charge in [-0.25, -0.2) is 14.4 Å². The van der Waals surface area contributed by atoms with Gasteiger partial charge in [0.25, 0.3) is 0 Å². The van der Waals surface area contributed by atoms with Gasteiger partial charge in [0.05, 0.1) is 12.6 Å². The maximum absolute atomic E-state index is 14.1. The van der Waals surface area contributed by atoms with Crippen LogP contribution in [-0.2, 0) is 6.54 Å². The van der Waals surface area contributed by atoms with E-state index >= 15 is 0 Å². The van der Waals surface area contributed by atoms with Crippen molar-refractivity contribution in [3.05, 3.63) is 78.1 Å². The molecule has 0 unspecified atom stereocenters. The SMILES string of the molecule is COc1ccc(Cn2c(-c3cccc(F)c3)nc3c(F)nccc32)cc1. The molecule has 0 atom stereocenters. The molecule has 0 fully saturated rings. The molecular weight excluding hydrogens is 336 g/mol. The molecule has 0 aliphatic rings. The normalized spacial score (nSPS) is 11.0. The zero-order valence-corrected chi connectivity index (χ0v) is 14.0. The van der Waals surface area contributed by atoms with E-state index in [4.69, 9.17) is 4.74 Å². The van der Waals surface area contributed by atoms with Crippen molar-refractivity contribution in [2.75, 3.05) is 7.11 Å². The van der Waals surface area contributed by atoms with Crippen LogP contribution in [0.2, 0.25) is 0 Å². The number of benzene rings is 2. The fourth-order valence-corrected chi connectivity index (χ4v) is 2.94. The summed E-state index contributed by atoms with van der Waals surface area (Å²) < 4.78 is 34.9. The molecule has 2 aromatic heterocycles. The van der Waals surface area contributed by atoms with Crippen LogP contribution in [-0.4, -0.2) is 21.6 Å². The standard InChI is InChI=1S/C20H15F2N3O/c1-26-16-7-5-13(6-8-16)12-25-17-9-10-23-19(22)18(17)24-20(25)14-3-2-4-15(21)11-14/h2-11H,12H2,1H3. The van der Waals surface area contributed by atoms with Gasteiger partial charge < -0.3 is 9.30 Å². The van der Waals surface area contributed by atoms with E-state index in [0.717, 1.165) is 11.3 Å². The molecule has 0 N–H and O–H groups in total. The monoisotopic (exact) mass is 351 g/mol. The van der Waals surface area contributed by atoms with Gasteiger partial charge in [0.1, 0.15) is 22.9 Å². The van der Waals surface area contributed by atoms with Crippen LogP contribution in [0.25, 0.3) is 22.4 Å². The molecule has 26 heavy (non-hydrogen) atoms. The number of hydrogen-bond donors (Lipinski definition) is 0. The first-order chi connectivity index (χ1) is 12.7. The van der Waals surface area contributed by atoms with Gasteiger partial charge in [-0.05, 0) is 35.9 Å². The molecule has 0 spiro atoms. The van der Waals surface area contributed by atoms with E-state index in [-0.39, 0.29) is 11.3 Å². The zero-order valence-electron chi connectivity index (χ0n) is 14.0. The summed E-state index contributed by atoms with van der Waals surface area (Å²) in [6.45, 7) is 0.454. The number of pyridine rings is 1. The fraction of sp³-hybridized carbons (Fsp3) is 0.100. The summed E-state index contributed by atoms with van der Waals surface area (Å²) in [6.07, 6.45) is 1.40. The van der Waals surface area contributed by atoms with E-state index in [2.05, 4.69) is 9.97 Å². The third-order valence-corrected chi connectivity index (χ3v) is 4.21. The summed E-state index contributed by atoms with van der Waals surface area (Å²) in [5.41, 5.74) is 2.34. The number of rotatable bonds is 4. The molecule has 0 aliphatic heterocycles. The van der Waals surface area contributed by atoms with Gasteiger partial charge in [0.2, 0.25) is 5.95 Å². The molecular formula is C20H15F2N3O. The van der Waals surface area contributed by atoms with Crippen LogP contribution < -0.4 is 4.74 Å². The molecule has 2 heterocycles. The molecule has 2 aromatic carbocycles. The number of fused-ring (bicyclic) bond motifs is 1. The number of ether oxygens (including phenoxy) is 1. The second kappa shape index (κ2) is 6.55. The Kier molecular flexibility index (Phi) is 4.08. The third kappa shape index (κ3) is 2.90. The molecule has 4 rings (SSSR count). The highest BCUT2D eigenvalue weighted by atomic mass is 19.1. The topological polar surface area (TPSA) is 39.9 Å². The number of methoxy groups -OCH3 is 1. The first kappa shape index (κ1) is 16.2. The van der Waals surface area contributed by atoms with Gasteiger partial charge in [-0.3, -0.25) is 0 Å². The molecule has 0 saturated heterocycles. The van der Waals surface area contributed by atoms with E-state index in [1.165, 1.54) is 18.3 Å². The van der Waals surface area contributed by atoms with Gasteiger partial charge >= 0.3 is 0 Å². The number of imidazole rings is 1. The van der Waals surface area contributed by atoms with Crippen LogP contribution in [0.3, 0.4) is 0 Å². The van der Waals surface area contributed by atoms with E-state index < -0.39 is 5.95 Å². The van der Waals surface area contributed by atoms with Crippen LogP contribution in [0.15, 0.2) is 60.8 Å². The largest absolute Gasteiger partial charge is 0.497 e. The Balaban J connectivity index is 1.87. The summed E-state index contributed by atoms with van der Waals surface area (Å²) in [5, 5.41) is 0. The Hall–Kier alpha value is -3.28. The Morgan fingerprint density at radius 3 is 2.58 bits per heavy atom. The Morgan fingerprint density at radius 1 is 1.04 bits per heavy atom. The van der Waals surface area contributed by atoms with Crippen LogP contribution in [0, 0.1) is 11.8 Å². The fourth-order valence-electron chi connectivity index (χ4n) is 2.94. The smallest absolute Gasteiger partial charge is 0.240 e. The van der Waals surface area contributed by atoms with Crippen LogP contribution in [0.4, 0.5) is 8.78 Å². The average molecular weight is 351 g/mol. The minimum Gasteiger partial charge on any atom is -0.497 e. The minimum atomic E-state index is -0.645. The number of nitrogens with zero attached hydrogens (tertiary/aromatic N) is 3. The summed E-state index contributed by atoms with van der Waals surface area (Å²) in [6, 6.07) is 15.4. The first-order valence-corrected chi connectivity index (χ1v) is 8.05. The second-order valence-corrected chi connectivity index (χ2v) is 5.85. The Morgan fingerprint density at radius 2 is 1.85 bits per heavy atom. The molecule has 130 valence electrons. The highest BCUT2D eigenvalue weighted by molar-refractivity contribution is 5.80. The van der Waals surface area contributed by atoms with Crippen molar-refractivity contribution in [2.45, 2.75) is 6.54 Å². The van der Waals surface area contributed by atoms with Crippen LogP contribution in [0.1, 0.15) is 5.56 Å². The lowest BCUT2D eigenvalue weighted by Crippen LogP contribution is -2.02. The van der Waals surface area contributed by atoms with Gasteiger partial charge in [-0.15, -0.1) is 0 Å². The molecule has 6 heteroatoms. The van der Waals surface area contributed by atoms with Crippen molar-refractivity contribution in [1.29, 1.82) is 0 Å². The quantitative estimate of drug-likeness (QED) is 0.511. The van der Waals surface area contributed by atoms with Gasteiger partial charge in [0.15, 0.2) is 0 Å². The predicted molar refractivity (Wildman–Crippen MR) is 95.0 cm³/mol. The Bertz CT molecular complexity index is 1070. The third-order valence-electron chi connectivity index (χ3n) is 4.21. The van der Waals surface area contributed by atoms with E-state index in [9.17, 15) is 8.78 Å². The molecule has 0 aliphatic carbocycles. The average Bonchev–Trinajstić information content (AvgIpc) is 3.02. The maximum Gasteiger partial charge on any atom is 0.240 e. The van der Waals surface area contributed by atoms with Crippen molar-refractivity contribution in [3.63, 3.8) is 0 Å². The molecule has 0 bridgehead atoms. The predicted octanol–water partition coefficient (Wildman–Crippen LogP) is 4.43. The van der Waals surface area contributed by atoms with Crippen molar-refractivity contribution in [3.8, 4) is 17.1 Å². The molecule has 0 radical (unpaired) electrons. The van der Waals surface area contributed by atoms with Crippen LogP contribution >= 0.6 is 0 Å². The molecule has 4 nitrogen and oxygen atoms in total. The van der Waals surface area contributed by atoms with Crippen molar-refractivity contribution < 1.29 is 13.5 Å². The van der Waals surface area contributed by atoms with Crippen molar-refractivity contribution >= 4 is 11.0 Å². The highest BCUT2D eigenvalue weighted by Crippen LogP contribution is 2.27. The summed E-state index contributed by atoms with van der Waals surface area (Å²) >= 11 is 0. The van der Waals surface area contributed by atoms with Gasteiger partial charge in [-0.2, -0.15) is 4.39 Å². The maximum atomic E-state index is 14.1. The van der Waals surface area contributed by atoms with Gasteiger partial charge in [-0.1, -0.05) is 24.3 Å². The lowest BCUT2D eigenvalue weighted by Gasteiger charge is -2.10. The van der Waals surface area contributed by atoms with Crippen LogP contribution in [0.5, 0.6) is 5.75 Å². The minimum absolute atomic E-state index is 0.167. The van der Waals surface area contributed by atoms with E-state index in [1.807, 2.05) is 28.8 Å². The lowest BCUT2D eigenvalue weighted by molar-refractivity contribution is 0.414. The zero-order chi connectivity index (χ0) is 18.1. The summed E-state index contributed by atoms with van der Waals surface area (Å²) in [7, 11) is 1.61. The summed E-state index contributed by atoms with van der Waals surface area (Å²) in [4.78, 5) is 8.06. The van der Waals surface area contributed by atoms with Crippen molar-refractivity contribution in [2.24, 2.45) is 0 Å². The van der Waals surface area contributed by atoms with E-state index in [0.29, 0.717) is 23.4 Å². The molecule has 0 amide bonds. The molecule has 4 aromatic rings. The number of halogens is 2. The highest BCUT2D eigenvalue weighted by Gasteiger charge is 2.16. The van der Waals surface area contributed by atoms with Gasteiger partial charge in [0, 0.05) is 18.3 Å². The van der Waals surface area contributed by atoms with E-state index in [1.54, 1.807) is 25.3 Å². The second-order valence-electron chi connectivity index (χ2n) is 5.85.